The number of amides is 2. The van der Waals surface area contributed by atoms with Crippen molar-refractivity contribution in [1.82, 2.24) is 13.5 Å². The van der Waals surface area contributed by atoms with Gasteiger partial charge in [0.1, 0.15) is 0 Å². The molecular formula is C18H26N4O4S. The minimum absolute atomic E-state index is 0.170. The van der Waals surface area contributed by atoms with E-state index >= 15 is 0 Å². The number of ether oxygens (including phenoxy) is 1. The third kappa shape index (κ3) is 3.96. The number of rotatable bonds is 3. The molecule has 8 nitrogen and oxygen atoms in total. The van der Waals surface area contributed by atoms with Crippen molar-refractivity contribution in [2.24, 2.45) is 0 Å². The summed E-state index contributed by atoms with van der Waals surface area (Å²) >= 11 is 0. The fraction of sp³-hybridized carbons (Fsp3) is 0.611. The second-order valence-corrected chi connectivity index (χ2v) is 9.10. The summed E-state index contributed by atoms with van der Waals surface area (Å²) in [5, 5.41) is 2.95. The molecule has 0 bridgehead atoms. The number of aryl methyl sites for hydroxylation is 2. The highest BCUT2D eigenvalue weighted by molar-refractivity contribution is 7.86. The van der Waals surface area contributed by atoms with E-state index in [1.165, 1.54) is 26.2 Å². The summed E-state index contributed by atoms with van der Waals surface area (Å²) in [5.41, 5.74) is 3.49. The van der Waals surface area contributed by atoms with E-state index in [0.29, 0.717) is 52.5 Å². The van der Waals surface area contributed by atoms with Gasteiger partial charge in [-0.15, -0.1) is 0 Å². The molecule has 2 aliphatic heterocycles. The zero-order valence-electron chi connectivity index (χ0n) is 15.4. The van der Waals surface area contributed by atoms with Gasteiger partial charge < -0.3 is 15.0 Å². The lowest BCUT2D eigenvalue weighted by molar-refractivity contribution is 0.0691. The molecular weight excluding hydrogens is 368 g/mol. The second kappa shape index (κ2) is 7.75. The van der Waals surface area contributed by atoms with Crippen LogP contribution in [-0.2, 0) is 27.8 Å². The average Bonchev–Trinajstić information content (AvgIpc) is 3.16. The summed E-state index contributed by atoms with van der Waals surface area (Å²) in [6.45, 7) is 3.06. The van der Waals surface area contributed by atoms with Crippen molar-refractivity contribution >= 4 is 21.9 Å². The van der Waals surface area contributed by atoms with Gasteiger partial charge in [-0.05, 0) is 42.5 Å². The van der Waals surface area contributed by atoms with Crippen LogP contribution in [0.2, 0.25) is 0 Å². The monoisotopic (exact) mass is 394 g/mol. The fourth-order valence-corrected chi connectivity index (χ4v) is 5.48. The van der Waals surface area contributed by atoms with Crippen LogP contribution in [-0.4, -0.2) is 80.4 Å². The van der Waals surface area contributed by atoms with E-state index in [1.54, 1.807) is 4.90 Å². The number of fused-ring (bicyclic) bond motifs is 1. The number of carbonyl (C=O) groups is 1. The molecule has 9 heteroatoms. The van der Waals surface area contributed by atoms with E-state index in [-0.39, 0.29) is 6.03 Å². The Labute approximate surface area is 160 Å². The van der Waals surface area contributed by atoms with E-state index < -0.39 is 10.2 Å². The van der Waals surface area contributed by atoms with Crippen molar-refractivity contribution in [3.8, 4) is 0 Å². The smallest absolute Gasteiger partial charge is 0.321 e. The van der Waals surface area contributed by atoms with Crippen molar-refractivity contribution in [2.45, 2.75) is 19.3 Å². The summed E-state index contributed by atoms with van der Waals surface area (Å²) in [4.78, 5) is 14.2. The zero-order valence-corrected chi connectivity index (χ0v) is 16.2. The van der Waals surface area contributed by atoms with E-state index in [9.17, 15) is 13.2 Å². The number of anilines is 1. The maximum absolute atomic E-state index is 12.7. The molecule has 0 atom stereocenters. The Hall–Kier alpha value is -1.68. The van der Waals surface area contributed by atoms with Crippen molar-refractivity contribution < 1.29 is 17.9 Å². The first-order chi connectivity index (χ1) is 13.0. The predicted molar refractivity (Wildman–Crippen MR) is 102 cm³/mol. The third-order valence-electron chi connectivity index (χ3n) is 5.50. The summed E-state index contributed by atoms with van der Waals surface area (Å²) < 4.78 is 33.6. The van der Waals surface area contributed by atoms with Crippen molar-refractivity contribution in [3.05, 3.63) is 29.3 Å². The van der Waals surface area contributed by atoms with Gasteiger partial charge >= 0.3 is 6.03 Å². The minimum Gasteiger partial charge on any atom is -0.379 e. The van der Waals surface area contributed by atoms with Crippen molar-refractivity contribution in [3.63, 3.8) is 0 Å². The van der Waals surface area contributed by atoms with Gasteiger partial charge in [-0.1, -0.05) is 6.07 Å². The number of hydrogen-bond acceptors (Lipinski definition) is 4. The van der Waals surface area contributed by atoms with Gasteiger partial charge in [-0.3, -0.25) is 0 Å². The fourth-order valence-electron chi connectivity index (χ4n) is 3.91. The summed E-state index contributed by atoms with van der Waals surface area (Å²) in [6.07, 6.45) is 3.35. The average molecular weight is 394 g/mol. The van der Waals surface area contributed by atoms with Gasteiger partial charge in [0.25, 0.3) is 10.2 Å². The number of nitrogens with zero attached hydrogens (tertiary/aromatic N) is 3. The molecule has 1 aromatic rings. The van der Waals surface area contributed by atoms with Crippen LogP contribution in [0, 0.1) is 0 Å². The van der Waals surface area contributed by atoms with Crippen LogP contribution < -0.4 is 5.32 Å². The maximum Gasteiger partial charge on any atom is 0.321 e. The lowest BCUT2D eigenvalue weighted by atomic mass is 10.1. The highest BCUT2D eigenvalue weighted by Gasteiger charge is 2.34. The highest BCUT2D eigenvalue weighted by Crippen LogP contribution is 2.25. The Morgan fingerprint density at radius 2 is 1.59 bits per heavy atom. The molecule has 2 saturated heterocycles. The van der Waals surface area contributed by atoms with Gasteiger partial charge in [0.05, 0.1) is 13.2 Å². The van der Waals surface area contributed by atoms with Gasteiger partial charge in [0.2, 0.25) is 0 Å². The van der Waals surface area contributed by atoms with Gasteiger partial charge in [-0.2, -0.15) is 17.0 Å². The van der Waals surface area contributed by atoms with Crippen LogP contribution in [0.4, 0.5) is 10.5 Å². The summed E-state index contributed by atoms with van der Waals surface area (Å²) in [6, 6.07) is 5.92. The molecule has 0 radical (unpaired) electrons. The van der Waals surface area contributed by atoms with Crippen LogP contribution in [0.25, 0.3) is 0 Å². The van der Waals surface area contributed by atoms with Crippen molar-refractivity contribution in [1.29, 1.82) is 0 Å². The number of hydrogen-bond donors (Lipinski definition) is 1. The standard InChI is InChI=1S/C18H26N4O4S/c23-18(19-17-5-4-15-2-1-3-16(15)14-17)20-6-8-21(9-7-20)27(24,25)22-10-12-26-13-11-22/h4-5,14H,1-3,6-13H2,(H,19,23). The van der Waals surface area contributed by atoms with E-state index in [0.717, 1.165) is 18.5 Å². The highest BCUT2D eigenvalue weighted by atomic mass is 32.2. The molecule has 3 aliphatic rings. The molecule has 4 rings (SSSR count). The first kappa shape index (κ1) is 18.7. The maximum atomic E-state index is 12.7. The second-order valence-electron chi connectivity index (χ2n) is 7.17. The first-order valence-corrected chi connectivity index (χ1v) is 10.9. The Bertz CT molecular complexity index is 800. The van der Waals surface area contributed by atoms with Crippen molar-refractivity contribution in [2.75, 3.05) is 57.8 Å². The number of carbonyl (C=O) groups excluding carboxylic acids is 1. The molecule has 1 aromatic carbocycles. The Balaban J connectivity index is 1.32. The molecule has 2 fully saturated rings. The summed E-state index contributed by atoms with van der Waals surface area (Å²) in [5.74, 6) is 0. The van der Waals surface area contributed by atoms with Crippen LogP contribution in [0.3, 0.4) is 0 Å². The van der Waals surface area contributed by atoms with E-state index in [2.05, 4.69) is 17.4 Å². The topological polar surface area (TPSA) is 82.2 Å². The van der Waals surface area contributed by atoms with Crippen LogP contribution in [0.5, 0.6) is 0 Å². The molecule has 2 amide bonds. The Morgan fingerprint density at radius 3 is 2.33 bits per heavy atom. The molecule has 27 heavy (non-hydrogen) atoms. The molecule has 2 heterocycles. The number of piperazine rings is 1. The molecule has 0 spiro atoms. The zero-order chi connectivity index (χ0) is 18.9. The number of urea groups is 1. The molecule has 0 aromatic heterocycles. The van der Waals surface area contributed by atoms with Gasteiger partial charge in [-0.25, -0.2) is 4.79 Å². The number of nitrogens with one attached hydrogen (secondary N) is 1. The van der Waals surface area contributed by atoms with Crippen LogP contribution >= 0.6 is 0 Å². The normalized spacial score (nSPS) is 21.9. The van der Waals surface area contributed by atoms with Gasteiger partial charge in [0, 0.05) is 45.0 Å². The lowest BCUT2D eigenvalue weighted by Crippen LogP contribution is -2.56. The summed E-state index contributed by atoms with van der Waals surface area (Å²) in [7, 11) is -3.47. The van der Waals surface area contributed by atoms with Gasteiger partial charge in [0.15, 0.2) is 0 Å². The molecule has 0 unspecified atom stereocenters. The third-order valence-corrected chi connectivity index (χ3v) is 7.53. The lowest BCUT2D eigenvalue weighted by Gasteiger charge is -2.37. The van der Waals surface area contributed by atoms with E-state index in [4.69, 9.17) is 4.74 Å². The molecule has 1 aliphatic carbocycles. The SMILES string of the molecule is O=C(Nc1ccc2c(c1)CCC2)N1CCN(S(=O)(=O)N2CCOCC2)CC1. The minimum atomic E-state index is -3.47. The molecule has 0 saturated carbocycles. The first-order valence-electron chi connectivity index (χ1n) is 9.55. The largest absolute Gasteiger partial charge is 0.379 e. The number of morpholine rings is 1. The van der Waals surface area contributed by atoms with Crippen LogP contribution in [0.15, 0.2) is 18.2 Å². The quantitative estimate of drug-likeness (QED) is 0.826. The van der Waals surface area contributed by atoms with Crippen LogP contribution in [0.1, 0.15) is 17.5 Å². The Morgan fingerprint density at radius 1 is 0.926 bits per heavy atom. The van der Waals surface area contributed by atoms with E-state index in [1.807, 2.05) is 6.07 Å². The Kier molecular flexibility index (Phi) is 5.36. The predicted octanol–water partition coefficient (Wildman–Crippen LogP) is 0.902. The molecule has 1 N–H and O–H groups in total. The number of benzene rings is 1. The molecule has 148 valence electrons.